The van der Waals surface area contributed by atoms with Crippen LogP contribution in [0.25, 0.3) is 0 Å². The van der Waals surface area contributed by atoms with E-state index in [1.807, 2.05) is 60.7 Å². The minimum absolute atomic E-state index is 0.448. The SMILES string of the molecule is OC(OCCc1ccccc1)c1ccccc1OCCc1ccccc1. The molecular weight excluding hydrogens is 324 g/mol. The Morgan fingerprint density at radius 3 is 1.85 bits per heavy atom. The molecule has 0 radical (unpaired) electrons. The molecule has 134 valence electrons. The number of hydrogen-bond acceptors (Lipinski definition) is 3. The van der Waals surface area contributed by atoms with E-state index in [4.69, 9.17) is 9.47 Å². The molecule has 3 heteroatoms. The van der Waals surface area contributed by atoms with Crippen LogP contribution in [-0.2, 0) is 17.6 Å². The quantitative estimate of drug-likeness (QED) is 0.576. The number of aliphatic hydroxyl groups is 1. The molecule has 0 fully saturated rings. The van der Waals surface area contributed by atoms with Crippen LogP contribution in [0.5, 0.6) is 5.75 Å². The molecule has 26 heavy (non-hydrogen) atoms. The largest absolute Gasteiger partial charge is 0.493 e. The molecule has 0 aliphatic rings. The van der Waals surface area contributed by atoms with Crippen LogP contribution < -0.4 is 4.74 Å². The van der Waals surface area contributed by atoms with Crippen molar-refractivity contribution in [2.24, 2.45) is 0 Å². The molecule has 3 nitrogen and oxygen atoms in total. The minimum Gasteiger partial charge on any atom is -0.493 e. The second-order valence-corrected chi connectivity index (χ2v) is 6.08. The summed E-state index contributed by atoms with van der Waals surface area (Å²) in [4.78, 5) is 0. The van der Waals surface area contributed by atoms with Crippen LogP contribution in [0.2, 0.25) is 0 Å². The average molecular weight is 348 g/mol. The first-order valence-electron chi connectivity index (χ1n) is 8.92. The Balaban J connectivity index is 1.52. The van der Waals surface area contributed by atoms with Gasteiger partial charge in [-0.1, -0.05) is 78.9 Å². The monoisotopic (exact) mass is 348 g/mol. The first kappa shape index (κ1) is 18.2. The number of aliphatic hydroxyl groups excluding tert-OH is 1. The van der Waals surface area contributed by atoms with Gasteiger partial charge < -0.3 is 14.6 Å². The first-order chi connectivity index (χ1) is 12.8. The van der Waals surface area contributed by atoms with Crippen molar-refractivity contribution in [2.75, 3.05) is 13.2 Å². The van der Waals surface area contributed by atoms with Crippen molar-refractivity contribution in [1.82, 2.24) is 0 Å². The molecule has 0 amide bonds. The predicted octanol–water partition coefficient (Wildman–Crippen LogP) is 4.56. The van der Waals surface area contributed by atoms with E-state index in [9.17, 15) is 5.11 Å². The van der Waals surface area contributed by atoms with Gasteiger partial charge in [0.2, 0.25) is 0 Å². The lowest BCUT2D eigenvalue weighted by atomic mass is 10.1. The van der Waals surface area contributed by atoms with Gasteiger partial charge in [-0.2, -0.15) is 0 Å². The van der Waals surface area contributed by atoms with Crippen molar-refractivity contribution in [2.45, 2.75) is 19.1 Å². The van der Waals surface area contributed by atoms with E-state index in [1.54, 1.807) is 0 Å². The van der Waals surface area contributed by atoms with E-state index < -0.39 is 6.29 Å². The third kappa shape index (κ3) is 5.45. The fourth-order valence-electron chi connectivity index (χ4n) is 2.76. The summed E-state index contributed by atoms with van der Waals surface area (Å²) < 4.78 is 11.5. The number of ether oxygens (including phenoxy) is 2. The summed E-state index contributed by atoms with van der Waals surface area (Å²) in [6, 6.07) is 27.8. The van der Waals surface area contributed by atoms with Crippen molar-refractivity contribution >= 4 is 0 Å². The van der Waals surface area contributed by atoms with Crippen molar-refractivity contribution in [3.8, 4) is 5.75 Å². The van der Waals surface area contributed by atoms with E-state index in [1.165, 1.54) is 11.1 Å². The maximum Gasteiger partial charge on any atom is 0.184 e. The van der Waals surface area contributed by atoms with Crippen molar-refractivity contribution in [1.29, 1.82) is 0 Å². The Labute approximate surface area is 154 Å². The van der Waals surface area contributed by atoms with Gasteiger partial charge >= 0.3 is 0 Å². The van der Waals surface area contributed by atoms with Crippen LogP contribution in [0, 0.1) is 0 Å². The van der Waals surface area contributed by atoms with Crippen molar-refractivity contribution in [3.63, 3.8) is 0 Å². The molecule has 3 aromatic rings. The van der Waals surface area contributed by atoms with Gasteiger partial charge in [-0.05, 0) is 23.6 Å². The highest BCUT2D eigenvalue weighted by Crippen LogP contribution is 2.26. The number of rotatable bonds is 9. The third-order valence-corrected chi connectivity index (χ3v) is 4.19. The molecule has 0 aliphatic carbocycles. The van der Waals surface area contributed by atoms with E-state index in [2.05, 4.69) is 24.3 Å². The van der Waals surface area contributed by atoms with E-state index >= 15 is 0 Å². The number of benzene rings is 3. The Morgan fingerprint density at radius 2 is 1.19 bits per heavy atom. The summed E-state index contributed by atoms with van der Waals surface area (Å²) >= 11 is 0. The van der Waals surface area contributed by atoms with Crippen LogP contribution in [-0.4, -0.2) is 18.3 Å². The number of hydrogen-bond donors (Lipinski definition) is 1. The van der Waals surface area contributed by atoms with E-state index in [0.717, 1.165) is 12.8 Å². The molecule has 0 aliphatic heterocycles. The highest BCUT2D eigenvalue weighted by atomic mass is 16.6. The zero-order valence-electron chi connectivity index (χ0n) is 14.8. The molecule has 1 unspecified atom stereocenters. The molecule has 0 saturated carbocycles. The molecular formula is C23H24O3. The lowest BCUT2D eigenvalue weighted by Gasteiger charge is -2.17. The van der Waals surface area contributed by atoms with Gasteiger partial charge in [0.15, 0.2) is 6.29 Å². The summed E-state index contributed by atoms with van der Waals surface area (Å²) in [7, 11) is 0. The smallest absolute Gasteiger partial charge is 0.184 e. The normalized spacial score (nSPS) is 11.9. The molecule has 3 aromatic carbocycles. The molecule has 0 spiro atoms. The highest BCUT2D eigenvalue weighted by molar-refractivity contribution is 5.34. The zero-order chi connectivity index (χ0) is 18.0. The maximum absolute atomic E-state index is 10.4. The summed E-state index contributed by atoms with van der Waals surface area (Å²) in [6.07, 6.45) is 0.585. The Kier molecular flexibility index (Phi) is 6.82. The van der Waals surface area contributed by atoms with Crippen molar-refractivity contribution in [3.05, 3.63) is 102 Å². The standard InChI is InChI=1S/C23H24O3/c24-23(26-18-16-20-11-5-2-6-12-20)21-13-7-8-14-22(21)25-17-15-19-9-3-1-4-10-19/h1-14,23-24H,15-18H2. The summed E-state index contributed by atoms with van der Waals surface area (Å²) in [6.45, 7) is 1.00. The van der Waals surface area contributed by atoms with Gasteiger partial charge in [0.1, 0.15) is 5.75 Å². The Hall–Kier alpha value is -2.62. The number of para-hydroxylation sites is 1. The van der Waals surface area contributed by atoms with Crippen LogP contribution in [0.4, 0.5) is 0 Å². The van der Waals surface area contributed by atoms with Gasteiger partial charge in [0.05, 0.1) is 13.2 Å². The molecule has 3 rings (SSSR count). The summed E-state index contributed by atoms with van der Waals surface area (Å²) in [5.74, 6) is 0.663. The predicted molar refractivity (Wildman–Crippen MR) is 103 cm³/mol. The van der Waals surface area contributed by atoms with E-state index in [0.29, 0.717) is 24.5 Å². The molecule has 0 saturated heterocycles. The summed E-state index contributed by atoms with van der Waals surface area (Å²) in [5, 5.41) is 10.4. The highest BCUT2D eigenvalue weighted by Gasteiger charge is 2.13. The Morgan fingerprint density at radius 1 is 0.654 bits per heavy atom. The molecule has 1 atom stereocenters. The van der Waals surface area contributed by atoms with Crippen molar-refractivity contribution < 1.29 is 14.6 Å². The molecule has 0 bridgehead atoms. The second-order valence-electron chi connectivity index (χ2n) is 6.08. The van der Waals surface area contributed by atoms with Crippen LogP contribution >= 0.6 is 0 Å². The van der Waals surface area contributed by atoms with Crippen LogP contribution in [0.15, 0.2) is 84.9 Å². The Bertz CT molecular complexity index is 772. The topological polar surface area (TPSA) is 38.7 Å². The fraction of sp³-hybridized carbons (Fsp3) is 0.217. The second kappa shape index (κ2) is 9.76. The molecule has 0 aromatic heterocycles. The maximum atomic E-state index is 10.4. The van der Waals surface area contributed by atoms with Gasteiger partial charge in [0, 0.05) is 12.0 Å². The average Bonchev–Trinajstić information content (AvgIpc) is 2.70. The lowest BCUT2D eigenvalue weighted by molar-refractivity contribution is -0.103. The molecule has 0 heterocycles. The van der Waals surface area contributed by atoms with Gasteiger partial charge in [0.25, 0.3) is 0 Å². The lowest BCUT2D eigenvalue weighted by Crippen LogP contribution is -2.10. The first-order valence-corrected chi connectivity index (χ1v) is 8.92. The van der Waals surface area contributed by atoms with Gasteiger partial charge in [-0.3, -0.25) is 0 Å². The van der Waals surface area contributed by atoms with Gasteiger partial charge in [-0.25, -0.2) is 0 Å². The van der Waals surface area contributed by atoms with Crippen LogP contribution in [0.1, 0.15) is 23.0 Å². The third-order valence-electron chi connectivity index (χ3n) is 4.19. The van der Waals surface area contributed by atoms with Crippen LogP contribution in [0.3, 0.4) is 0 Å². The zero-order valence-corrected chi connectivity index (χ0v) is 14.8. The summed E-state index contributed by atoms with van der Waals surface area (Å²) in [5.41, 5.74) is 3.07. The van der Waals surface area contributed by atoms with E-state index in [-0.39, 0.29) is 0 Å². The fourth-order valence-corrected chi connectivity index (χ4v) is 2.76. The van der Waals surface area contributed by atoms with Gasteiger partial charge in [-0.15, -0.1) is 0 Å². The minimum atomic E-state index is -0.994. The molecule has 1 N–H and O–H groups in total.